The van der Waals surface area contributed by atoms with E-state index in [-0.39, 0.29) is 17.6 Å². The molecule has 0 atom stereocenters. The second-order valence-corrected chi connectivity index (χ2v) is 5.51. The number of rotatable bonds is 7. The van der Waals surface area contributed by atoms with E-state index in [0.29, 0.717) is 19.5 Å². The lowest BCUT2D eigenvalue weighted by Crippen LogP contribution is -2.34. The summed E-state index contributed by atoms with van der Waals surface area (Å²) in [5.41, 5.74) is 3.63. The van der Waals surface area contributed by atoms with Crippen molar-refractivity contribution >= 4 is 11.8 Å². The van der Waals surface area contributed by atoms with Gasteiger partial charge in [-0.3, -0.25) is 9.59 Å². The highest BCUT2D eigenvalue weighted by molar-refractivity contribution is 5.91. The van der Waals surface area contributed by atoms with Crippen LogP contribution in [0.25, 0.3) is 0 Å². The van der Waals surface area contributed by atoms with Gasteiger partial charge in [0, 0.05) is 19.5 Å². The van der Waals surface area contributed by atoms with E-state index in [2.05, 4.69) is 42.7 Å². The Balaban J connectivity index is 1.64. The Bertz CT molecular complexity index is 663. The summed E-state index contributed by atoms with van der Waals surface area (Å²) >= 11 is 0. The summed E-state index contributed by atoms with van der Waals surface area (Å²) in [7, 11) is 0. The fraction of sp³-hybridized carbons (Fsp3) is 0.333. The zero-order chi connectivity index (χ0) is 16.7. The molecular formula is C18H22N2O3. The molecule has 1 aromatic heterocycles. The minimum absolute atomic E-state index is 0.0165. The Labute approximate surface area is 136 Å². The quantitative estimate of drug-likeness (QED) is 0.771. The summed E-state index contributed by atoms with van der Waals surface area (Å²) in [6.07, 6.45) is 2.61. The lowest BCUT2D eigenvalue weighted by atomic mass is 10.0. The second kappa shape index (κ2) is 8.17. The minimum atomic E-state index is -0.278. The van der Waals surface area contributed by atoms with Gasteiger partial charge in [0.2, 0.25) is 5.91 Å². The van der Waals surface area contributed by atoms with Crippen molar-refractivity contribution in [1.82, 2.24) is 10.6 Å². The van der Waals surface area contributed by atoms with E-state index in [4.69, 9.17) is 4.42 Å². The zero-order valence-corrected chi connectivity index (χ0v) is 13.5. The topological polar surface area (TPSA) is 71.3 Å². The molecule has 122 valence electrons. The Hall–Kier alpha value is -2.56. The molecule has 2 rings (SSSR count). The lowest BCUT2D eigenvalue weighted by molar-refractivity contribution is -0.121. The van der Waals surface area contributed by atoms with Crippen LogP contribution in [-0.2, 0) is 11.2 Å². The molecule has 0 aliphatic heterocycles. The molecule has 0 radical (unpaired) electrons. The molecule has 0 saturated carbocycles. The van der Waals surface area contributed by atoms with Gasteiger partial charge in [0.1, 0.15) is 0 Å². The largest absolute Gasteiger partial charge is 0.459 e. The molecule has 5 heteroatoms. The van der Waals surface area contributed by atoms with Gasteiger partial charge in [0.15, 0.2) is 5.76 Å². The van der Waals surface area contributed by atoms with Crippen LogP contribution >= 0.6 is 0 Å². The molecule has 0 unspecified atom stereocenters. The van der Waals surface area contributed by atoms with E-state index >= 15 is 0 Å². The van der Waals surface area contributed by atoms with Gasteiger partial charge in [-0.25, -0.2) is 0 Å². The molecule has 1 heterocycles. The number of carbonyl (C=O) groups excluding carboxylic acids is 2. The fourth-order valence-corrected chi connectivity index (χ4v) is 2.34. The summed E-state index contributed by atoms with van der Waals surface area (Å²) in [6.45, 7) is 4.89. The smallest absolute Gasteiger partial charge is 0.287 e. The maximum atomic E-state index is 11.8. The van der Waals surface area contributed by atoms with E-state index < -0.39 is 0 Å². The average molecular weight is 314 g/mol. The second-order valence-electron chi connectivity index (χ2n) is 5.51. The predicted octanol–water partition coefficient (Wildman–Crippen LogP) is 2.38. The van der Waals surface area contributed by atoms with E-state index in [1.807, 2.05) is 0 Å². The fourth-order valence-electron chi connectivity index (χ4n) is 2.34. The van der Waals surface area contributed by atoms with Crippen LogP contribution < -0.4 is 10.6 Å². The summed E-state index contributed by atoms with van der Waals surface area (Å²) < 4.78 is 4.98. The third-order valence-corrected chi connectivity index (χ3v) is 3.60. The number of amides is 2. The Morgan fingerprint density at radius 3 is 2.57 bits per heavy atom. The number of nitrogens with one attached hydrogen (secondary N) is 2. The Morgan fingerprint density at radius 1 is 1.09 bits per heavy atom. The van der Waals surface area contributed by atoms with Crippen LogP contribution in [0.3, 0.4) is 0 Å². The molecule has 2 N–H and O–H groups in total. The first-order valence-corrected chi connectivity index (χ1v) is 7.71. The monoisotopic (exact) mass is 314 g/mol. The van der Waals surface area contributed by atoms with Gasteiger partial charge in [0.25, 0.3) is 5.91 Å². The first-order chi connectivity index (χ1) is 11.1. The normalized spacial score (nSPS) is 10.3. The summed E-state index contributed by atoms with van der Waals surface area (Å²) in [6, 6.07) is 9.50. The molecule has 0 fully saturated rings. The van der Waals surface area contributed by atoms with Crippen molar-refractivity contribution in [2.75, 3.05) is 13.1 Å². The van der Waals surface area contributed by atoms with Crippen LogP contribution in [0.2, 0.25) is 0 Å². The first kappa shape index (κ1) is 16.8. The van der Waals surface area contributed by atoms with Gasteiger partial charge in [-0.15, -0.1) is 0 Å². The van der Waals surface area contributed by atoms with Crippen molar-refractivity contribution in [3.05, 3.63) is 59.0 Å². The van der Waals surface area contributed by atoms with Crippen molar-refractivity contribution < 1.29 is 14.0 Å². The van der Waals surface area contributed by atoms with Gasteiger partial charge < -0.3 is 15.1 Å². The standard InChI is InChI=1S/C18H22N2O3/c1-13-5-6-15(14(2)12-13)7-8-17(21)19-9-10-20-18(22)16-4-3-11-23-16/h3-6,11-12H,7-10H2,1-2H3,(H,19,21)(H,20,22). The third-order valence-electron chi connectivity index (χ3n) is 3.60. The molecular weight excluding hydrogens is 292 g/mol. The van der Waals surface area contributed by atoms with Crippen LogP contribution in [-0.4, -0.2) is 24.9 Å². The Kier molecular flexibility index (Phi) is 5.97. The molecule has 0 saturated heterocycles. The highest BCUT2D eigenvalue weighted by Crippen LogP contribution is 2.12. The van der Waals surface area contributed by atoms with Crippen molar-refractivity contribution in [3.8, 4) is 0 Å². The maximum absolute atomic E-state index is 11.8. The first-order valence-electron chi connectivity index (χ1n) is 7.71. The predicted molar refractivity (Wildman–Crippen MR) is 88.3 cm³/mol. The van der Waals surface area contributed by atoms with E-state index in [1.54, 1.807) is 12.1 Å². The molecule has 1 aromatic carbocycles. The number of furan rings is 1. The molecule has 23 heavy (non-hydrogen) atoms. The van der Waals surface area contributed by atoms with E-state index in [0.717, 1.165) is 6.42 Å². The summed E-state index contributed by atoms with van der Waals surface area (Å²) in [5, 5.41) is 5.48. The van der Waals surface area contributed by atoms with Crippen LogP contribution in [0.15, 0.2) is 41.0 Å². The number of hydrogen-bond acceptors (Lipinski definition) is 3. The van der Waals surface area contributed by atoms with Crippen LogP contribution in [0.4, 0.5) is 0 Å². The number of carbonyl (C=O) groups is 2. The molecule has 0 aliphatic carbocycles. The highest BCUT2D eigenvalue weighted by Gasteiger charge is 2.08. The number of benzene rings is 1. The van der Waals surface area contributed by atoms with Gasteiger partial charge in [-0.1, -0.05) is 23.8 Å². The summed E-state index contributed by atoms with van der Waals surface area (Å²) in [4.78, 5) is 23.4. The van der Waals surface area contributed by atoms with Crippen LogP contribution in [0, 0.1) is 13.8 Å². The average Bonchev–Trinajstić information content (AvgIpc) is 3.05. The van der Waals surface area contributed by atoms with Crippen molar-refractivity contribution in [2.24, 2.45) is 0 Å². The van der Waals surface area contributed by atoms with Crippen molar-refractivity contribution in [3.63, 3.8) is 0 Å². The number of aryl methyl sites for hydroxylation is 3. The highest BCUT2D eigenvalue weighted by atomic mass is 16.3. The van der Waals surface area contributed by atoms with Gasteiger partial charge in [-0.2, -0.15) is 0 Å². The maximum Gasteiger partial charge on any atom is 0.287 e. The van der Waals surface area contributed by atoms with E-state index in [1.165, 1.54) is 23.0 Å². The van der Waals surface area contributed by atoms with Crippen LogP contribution in [0.5, 0.6) is 0 Å². The Morgan fingerprint density at radius 2 is 1.87 bits per heavy atom. The van der Waals surface area contributed by atoms with Gasteiger partial charge in [0.05, 0.1) is 6.26 Å². The van der Waals surface area contributed by atoms with Crippen molar-refractivity contribution in [1.29, 1.82) is 0 Å². The molecule has 0 bridgehead atoms. The molecule has 2 aromatic rings. The summed E-state index contributed by atoms with van der Waals surface area (Å²) in [5.74, 6) is -0.0251. The van der Waals surface area contributed by atoms with Crippen LogP contribution in [0.1, 0.15) is 33.7 Å². The van der Waals surface area contributed by atoms with Gasteiger partial charge in [-0.05, 0) is 43.5 Å². The molecule has 5 nitrogen and oxygen atoms in total. The SMILES string of the molecule is Cc1ccc(CCC(=O)NCCNC(=O)c2ccco2)c(C)c1. The van der Waals surface area contributed by atoms with Crippen molar-refractivity contribution in [2.45, 2.75) is 26.7 Å². The lowest BCUT2D eigenvalue weighted by Gasteiger charge is -2.08. The number of hydrogen-bond donors (Lipinski definition) is 2. The zero-order valence-electron chi connectivity index (χ0n) is 13.5. The van der Waals surface area contributed by atoms with Gasteiger partial charge >= 0.3 is 0 Å². The molecule has 0 aliphatic rings. The molecule has 2 amide bonds. The van der Waals surface area contributed by atoms with E-state index in [9.17, 15) is 9.59 Å². The molecule has 0 spiro atoms. The third kappa shape index (κ3) is 5.29. The minimum Gasteiger partial charge on any atom is -0.459 e.